The number of hydrogen-bond donors (Lipinski definition) is 3. The van der Waals surface area contributed by atoms with Gasteiger partial charge < -0.3 is 20.3 Å². The second kappa shape index (κ2) is 9.09. The first-order valence-electron chi connectivity index (χ1n) is 11.3. The van der Waals surface area contributed by atoms with Crippen molar-refractivity contribution in [1.29, 1.82) is 0 Å². The topological polar surface area (TPSA) is 117 Å². The number of pyridine rings is 2. The maximum absolute atomic E-state index is 11.5. The van der Waals surface area contributed by atoms with Crippen molar-refractivity contribution in [3.8, 4) is 16.3 Å². The highest BCUT2D eigenvalue weighted by atomic mass is 32.1. The molecule has 0 fully saturated rings. The van der Waals surface area contributed by atoms with E-state index in [0.29, 0.717) is 41.7 Å². The normalized spacial score (nSPS) is 16.7. The minimum Gasteiger partial charge on any atom is -0.494 e. The highest BCUT2D eigenvalue weighted by Gasteiger charge is 2.41. The third kappa shape index (κ3) is 4.48. The van der Waals surface area contributed by atoms with Crippen molar-refractivity contribution in [1.82, 2.24) is 15.0 Å². The van der Waals surface area contributed by atoms with E-state index in [4.69, 9.17) is 9.72 Å². The number of nitrogens with one attached hydrogen (secondary N) is 1. The van der Waals surface area contributed by atoms with Crippen LogP contribution in [0.5, 0.6) is 5.75 Å². The number of aliphatic hydroxyl groups is 1. The van der Waals surface area contributed by atoms with Crippen LogP contribution in [0.1, 0.15) is 45.4 Å². The molecule has 3 heterocycles. The number of thiazole rings is 1. The lowest BCUT2D eigenvalue weighted by Gasteiger charge is -2.21. The molecular weight excluding hydrogens is 464 g/mol. The van der Waals surface area contributed by atoms with Crippen molar-refractivity contribution >= 4 is 28.9 Å². The van der Waals surface area contributed by atoms with Gasteiger partial charge in [0.25, 0.3) is 0 Å². The van der Waals surface area contributed by atoms with E-state index < -0.39 is 11.6 Å². The summed E-state index contributed by atoms with van der Waals surface area (Å²) < 4.78 is 5.55. The van der Waals surface area contributed by atoms with E-state index in [-0.39, 0.29) is 5.56 Å². The van der Waals surface area contributed by atoms with Crippen LogP contribution >= 0.6 is 11.3 Å². The number of carboxylic acids is 1. The van der Waals surface area contributed by atoms with Gasteiger partial charge in [-0.2, -0.15) is 0 Å². The van der Waals surface area contributed by atoms with Crippen molar-refractivity contribution in [2.75, 3.05) is 11.9 Å². The molecule has 0 aliphatic heterocycles. The molecule has 1 aliphatic carbocycles. The Morgan fingerprint density at radius 3 is 2.83 bits per heavy atom. The predicted molar refractivity (Wildman–Crippen MR) is 133 cm³/mol. The zero-order valence-corrected chi connectivity index (χ0v) is 20.1. The summed E-state index contributed by atoms with van der Waals surface area (Å²) in [5.41, 5.74) is 2.27. The molecule has 1 atom stereocenters. The Morgan fingerprint density at radius 2 is 2.03 bits per heavy atom. The molecule has 9 heteroatoms. The summed E-state index contributed by atoms with van der Waals surface area (Å²) in [6.45, 7) is 4.49. The lowest BCUT2D eigenvalue weighted by molar-refractivity contribution is 0.0695. The number of rotatable bonds is 7. The van der Waals surface area contributed by atoms with Gasteiger partial charge in [-0.15, -0.1) is 11.3 Å². The standard InChI is InChI=1S/C26H24N4O4S/c1-3-34-18-7-9-27-22(13-18)30-23-11-15(2)10-20(29-23)21-14-28-25(35-21)26(33)8-6-16-12-17(24(31)32)4-5-19(16)26/h4-5,7,9-14,33H,3,6,8H2,1-2H3,(H,31,32)(H,27,29,30)/t26-/m1/s1. The minimum atomic E-state index is -1.25. The zero-order valence-electron chi connectivity index (χ0n) is 19.3. The Kier molecular flexibility index (Phi) is 5.96. The summed E-state index contributed by atoms with van der Waals surface area (Å²) in [6.07, 6.45) is 4.45. The van der Waals surface area contributed by atoms with Gasteiger partial charge in [-0.05, 0) is 73.7 Å². The number of carboxylic acid groups (broad SMARTS) is 1. The quantitative estimate of drug-likeness (QED) is 0.335. The first-order valence-corrected chi connectivity index (χ1v) is 12.1. The van der Waals surface area contributed by atoms with Crippen molar-refractivity contribution in [2.24, 2.45) is 0 Å². The smallest absolute Gasteiger partial charge is 0.335 e. The fraction of sp³-hybridized carbons (Fsp3) is 0.231. The van der Waals surface area contributed by atoms with E-state index in [1.807, 2.05) is 32.0 Å². The second-order valence-corrected chi connectivity index (χ2v) is 9.45. The third-order valence-electron chi connectivity index (χ3n) is 5.93. The first-order chi connectivity index (χ1) is 16.9. The number of aromatic carboxylic acids is 1. The van der Waals surface area contributed by atoms with Crippen LogP contribution in [0.2, 0.25) is 0 Å². The van der Waals surface area contributed by atoms with Gasteiger partial charge in [-0.25, -0.2) is 19.7 Å². The van der Waals surface area contributed by atoms with Gasteiger partial charge in [-0.3, -0.25) is 0 Å². The van der Waals surface area contributed by atoms with Crippen LogP contribution in [-0.4, -0.2) is 37.7 Å². The van der Waals surface area contributed by atoms with Gasteiger partial charge in [0, 0.05) is 18.5 Å². The molecule has 0 radical (unpaired) electrons. The SMILES string of the molecule is CCOc1ccnc(Nc2cc(C)cc(-c3cnc([C@@]4(O)CCc5cc(C(=O)O)ccc54)s3)n2)c1. The Hall–Kier alpha value is -3.82. The minimum absolute atomic E-state index is 0.220. The second-order valence-electron chi connectivity index (χ2n) is 8.42. The number of benzene rings is 1. The van der Waals surface area contributed by atoms with E-state index in [1.54, 1.807) is 30.6 Å². The van der Waals surface area contributed by atoms with E-state index >= 15 is 0 Å². The van der Waals surface area contributed by atoms with Crippen LogP contribution < -0.4 is 10.1 Å². The number of nitrogens with zero attached hydrogens (tertiary/aromatic N) is 3. The number of aryl methyl sites for hydroxylation is 2. The number of fused-ring (bicyclic) bond motifs is 1. The highest BCUT2D eigenvalue weighted by molar-refractivity contribution is 7.15. The molecule has 3 aromatic heterocycles. The van der Waals surface area contributed by atoms with Gasteiger partial charge in [0.15, 0.2) is 0 Å². The van der Waals surface area contributed by atoms with Gasteiger partial charge in [-0.1, -0.05) is 6.07 Å². The fourth-order valence-corrected chi connectivity index (χ4v) is 5.33. The molecule has 1 aliphatic rings. The van der Waals surface area contributed by atoms with Gasteiger partial charge in [0.05, 0.1) is 22.7 Å². The number of hydrogen-bond acceptors (Lipinski definition) is 8. The lowest BCUT2D eigenvalue weighted by Crippen LogP contribution is -2.23. The molecule has 3 N–H and O–H groups in total. The van der Waals surface area contributed by atoms with E-state index in [0.717, 1.165) is 27.4 Å². The van der Waals surface area contributed by atoms with Gasteiger partial charge >= 0.3 is 5.97 Å². The lowest BCUT2D eigenvalue weighted by atomic mass is 9.96. The van der Waals surface area contributed by atoms with Crippen LogP contribution in [0.25, 0.3) is 10.6 Å². The zero-order chi connectivity index (χ0) is 24.6. The maximum Gasteiger partial charge on any atom is 0.335 e. The molecule has 1 aromatic carbocycles. The molecule has 178 valence electrons. The van der Waals surface area contributed by atoms with Crippen LogP contribution in [0, 0.1) is 6.92 Å². The van der Waals surface area contributed by atoms with Crippen molar-refractivity contribution in [3.63, 3.8) is 0 Å². The molecule has 0 amide bonds. The number of ether oxygens (including phenoxy) is 1. The van der Waals surface area contributed by atoms with Gasteiger partial charge in [0.2, 0.25) is 0 Å². The summed E-state index contributed by atoms with van der Waals surface area (Å²) in [7, 11) is 0. The van der Waals surface area contributed by atoms with Gasteiger partial charge in [0.1, 0.15) is 28.0 Å². The van der Waals surface area contributed by atoms with Crippen LogP contribution in [-0.2, 0) is 12.0 Å². The molecule has 0 saturated carbocycles. The van der Waals surface area contributed by atoms with Crippen LogP contribution in [0.3, 0.4) is 0 Å². The van der Waals surface area contributed by atoms with Crippen LogP contribution in [0.4, 0.5) is 11.6 Å². The monoisotopic (exact) mass is 488 g/mol. The summed E-state index contributed by atoms with van der Waals surface area (Å²) in [5, 5.41) is 24.6. The van der Waals surface area contributed by atoms with E-state index in [1.165, 1.54) is 17.4 Å². The molecule has 0 spiro atoms. The first kappa shape index (κ1) is 22.9. The average molecular weight is 489 g/mol. The molecular formula is C26H24N4O4S. The number of aromatic nitrogens is 3. The summed E-state index contributed by atoms with van der Waals surface area (Å²) in [6, 6.07) is 12.4. The predicted octanol–water partition coefficient (Wildman–Crippen LogP) is 4.93. The molecule has 0 saturated heterocycles. The Balaban J connectivity index is 1.43. The maximum atomic E-state index is 11.5. The van der Waals surface area contributed by atoms with Crippen molar-refractivity contribution < 1.29 is 19.7 Å². The Morgan fingerprint density at radius 1 is 1.17 bits per heavy atom. The summed E-state index contributed by atoms with van der Waals surface area (Å²) >= 11 is 1.39. The van der Waals surface area contributed by atoms with Crippen LogP contribution in [0.15, 0.2) is 54.9 Å². The molecule has 5 rings (SSSR count). The van der Waals surface area contributed by atoms with E-state index in [9.17, 15) is 15.0 Å². The molecule has 0 unspecified atom stereocenters. The average Bonchev–Trinajstić information content (AvgIpc) is 3.45. The largest absolute Gasteiger partial charge is 0.494 e. The Bertz CT molecular complexity index is 1420. The highest BCUT2D eigenvalue weighted by Crippen LogP contribution is 2.45. The number of anilines is 2. The number of carbonyl (C=O) groups is 1. The summed E-state index contributed by atoms with van der Waals surface area (Å²) in [4.78, 5) is 25.8. The molecule has 4 aromatic rings. The molecule has 35 heavy (non-hydrogen) atoms. The van der Waals surface area contributed by atoms with Crippen molar-refractivity contribution in [3.05, 3.63) is 82.1 Å². The van der Waals surface area contributed by atoms with Crippen molar-refractivity contribution in [2.45, 2.75) is 32.3 Å². The summed E-state index contributed by atoms with van der Waals surface area (Å²) in [5.74, 6) is 1.02. The third-order valence-corrected chi connectivity index (χ3v) is 7.10. The molecule has 8 nitrogen and oxygen atoms in total. The Labute approximate surface area is 206 Å². The fourth-order valence-electron chi connectivity index (χ4n) is 4.32. The van der Waals surface area contributed by atoms with E-state index in [2.05, 4.69) is 15.3 Å². The molecule has 0 bridgehead atoms.